The summed E-state index contributed by atoms with van der Waals surface area (Å²) in [6.07, 6.45) is 0. The molecule has 4 nitrogen and oxygen atoms in total. The van der Waals surface area contributed by atoms with Gasteiger partial charge in [-0.05, 0) is 36.8 Å². The van der Waals surface area contributed by atoms with Crippen LogP contribution in [0.3, 0.4) is 0 Å². The second-order valence-corrected chi connectivity index (χ2v) is 5.09. The average molecular weight is 282 g/mol. The standard InChI is InChI=1S/C17H18N2O2/c1-3-19(11-12(2)10-18)17(21)15-8-13-6-4-5-7-14(13)9-16(15)20/h4-9,12,20H,3,11H2,1-2H3. The Labute approximate surface area is 124 Å². The first-order valence-corrected chi connectivity index (χ1v) is 6.97. The maximum absolute atomic E-state index is 12.5. The summed E-state index contributed by atoms with van der Waals surface area (Å²) in [6.45, 7) is 4.49. The molecule has 2 rings (SSSR count). The van der Waals surface area contributed by atoms with Crippen molar-refractivity contribution in [3.05, 3.63) is 42.0 Å². The highest BCUT2D eigenvalue weighted by Gasteiger charge is 2.20. The molecule has 0 radical (unpaired) electrons. The number of hydrogen-bond acceptors (Lipinski definition) is 3. The van der Waals surface area contributed by atoms with Gasteiger partial charge in [-0.15, -0.1) is 0 Å². The molecule has 1 N–H and O–H groups in total. The Bertz CT molecular complexity index is 703. The molecule has 0 aliphatic rings. The van der Waals surface area contributed by atoms with Crippen LogP contribution < -0.4 is 0 Å². The van der Waals surface area contributed by atoms with Crippen molar-refractivity contribution < 1.29 is 9.90 Å². The van der Waals surface area contributed by atoms with E-state index >= 15 is 0 Å². The topological polar surface area (TPSA) is 64.3 Å². The molecule has 0 fully saturated rings. The zero-order valence-electron chi connectivity index (χ0n) is 12.2. The number of aromatic hydroxyl groups is 1. The highest BCUT2D eigenvalue weighted by Crippen LogP contribution is 2.26. The number of phenolic OH excluding ortho intramolecular Hbond substituents is 1. The van der Waals surface area contributed by atoms with Crippen molar-refractivity contribution in [2.24, 2.45) is 5.92 Å². The molecule has 1 amide bonds. The highest BCUT2D eigenvalue weighted by atomic mass is 16.3. The first-order valence-electron chi connectivity index (χ1n) is 6.97. The molecule has 0 spiro atoms. The van der Waals surface area contributed by atoms with Gasteiger partial charge < -0.3 is 10.0 Å². The number of carbonyl (C=O) groups excluding carboxylic acids is 1. The molecule has 0 aliphatic heterocycles. The molecule has 2 aromatic carbocycles. The number of nitrogens with zero attached hydrogens (tertiary/aromatic N) is 2. The molecule has 0 saturated heterocycles. The monoisotopic (exact) mass is 282 g/mol. The van der Waals surface area contributed by atoms with E-state index in [0.717, 1.165) is 10.8 Å². The zero-order valence-corrected chi connectivity index (χ0v) is 12.2. The Hall–Kier alpha value is -2.54. The smallest absolute Gasteiger partial charge is 0.257 e. The number of rotatable bonds is 4. The third kappa shape index (κ3) is 3.14. The van der Waals surface area contributed by atoms with E-state index in [2.05, 4.69) is 6.07 Å². The molecular weight excluding hydrogens is 264 g/mol. The molecule has 1 unspecified atom stereocenters. The third-order valence-corrected chi connectivity index (χ3v) is 3.48. The fraction of sp³-hybridized carbons (Fsp3) is 0.294. The second-order valence-electron chi connectivity index (χ2n) is 5.09. The first-order chi connectivity index (χ1) is 10.1. The second kappa shape index (κ2) is 6.27. The van der Waals surface area contributed by atoms with Crippen LogP contribution in [0.5, 0.6) is 5.75 Å². The van der Waals surface area contributed by atoms with Crippen LogP contribution in [0.1, 0.15) is 24.2 Å². The largest absolute Gasteiger partial charge is 0.507 e. The van der Waals surface area contributed by atoms with E-state index in [-0.39, 0.29) is 23.1 Å². The molecule has 4 heteroatoms. The van der Waals surface area contributed by atoms with Gasteiger partial charge in [0.15, 0.2) is 0 Å². The lowest BCUT2D eigenvalue weighted by Gasteiger charge is -2.22. The lowest BCUT2D eigenvalue weighted by atomic mass is 10.0. The maximum Gasteiger partial charge on any atom is 0.257 e. The lowest BCUT2D eigenvalue weighted by Crippen LogP contribution is -2.34. The molecule has 0 bridgehead atoms. The summed E-state index contributed by atoms with van der Waals surface area (Å²) in [5.74, 6) is -0.513. The number of hydrogen-bond donors (Lipinski definition) is 1. The summed E-state index contributed by atoms with van der Waals surface area (Å²) in [5.41, 5.74) is 0.278. The molecule has 0 aromatic heterocycles. The Balaban J connectivity index is 2.38. The number of benzene rings is 2. The summed E-state index contributed by atoms with van der Waals surface area (Å²) < 4.78 is 0. The van der Waals surface area contributed by atoms with E-state index in [1.54, 1.807) is 24.0 Å². The van der Waals surface area contributed by atoms with Crippen LogP contribution in [0, 0.1) is 17.2 Å². The summed E-state index contributed by atoms with van der Waals surface area (Å²) in [4.78, 5) is 14.1. The molecule has 108 valence electrons. The molecule has 0 heterocycles. The average Bonchev–Trinajstić information content (AvgIpc) is 2.50. The van der Waals surface area contributed by atoms with E-state index in [0.29, 0.717) is 13.1 Å². The van der Waals surface area contributed by atoms with E-state index in [9.17, 15) is 9.90 Å². The highest BCUT2D eigenvalue weighted by molar-refractivity contribution is 6.01. The van der Waals surface area contributed by atoms with E-state index in [4.69, 9.17) is 5.26 Å². The van der Waals surface area contributed by atoms with Crippen molar-refractivity contribution in [3.63, 3.8) is 0 Å². The van der Waals surface area contributed by atoms with Gasteiger partial charge in [0.2, 0.25) is 0 Å². The van der Waals surface area contributed by atoms with Gasteiger partial charge >= 0.3 is 0 Å². The first kappa shape index (κ1) is 14.9. The van der Waals surface area contributed by atoms with Crippen LogP contribution in [0.4, 0.5) is 0 Å². The van der Waals surface area contributed by atoms with Crippen molar-refractivity contribution >= 4 is 16.7 Å². The number of carbonyl (C=O) groups is 1. The van der Waals surface area contributed by atoms with E-state index in [1.807, 2.05) is 31.2 Å². The van der Waals surface area contributed by atoms with Crippen LogP contribution >= 0.6 is 0 Å². The zero-order chi connectivity index (χ0) is 15.4. The van der Waals surface area contributed by atoms with Crippen LogP contribution in [0.15, 0.2) is 36.4 Å². The van der Waals surface area contributed by atoms with Gasteiger partial charge in [0.05, 0.1) is 17.6 Å². The minimum Gasteiger partial charge on any atom is -0.507 e. The summed E-state index contributed by atoms with van der Waals surface area (Å²) in [6, 6.07) is 13.0. The van der Waals surface area contributed by atoms with Gasteiger partial charge in [0.1, 0.15) is 5.75 Å². The van der Waals surface area contributed by atoms with Crippen LogP contribution in [0.25, 0.3) is 10.8 Å². The fourth-order valence-electron chi connectivity index (χ4n) is 2.30. The van der Waals surface area contributed by atoms with Gasteiger partial charge in [-0.2, -0.15) is 5.26 Å². The molecule has 2 aromatic rings. The Morgan fingerprint density at radius 2 is 1.95 bits per heavy atom. The van der Waals surface area contributed by atoms with Crippen LogP contribution in [-0.4, -0.2) is 29.0 Å². The quantitative estimate of drug-likeness (QED) is 0.936. The number of phenols is 1. The van der Waals surface area contributed by atoms with E-state index in [1.165, 1.54) is 0 Å². The summed E-state index contributed by atoms with van der Waals surface area (Å²) >= 11 is 0. The van der Waals surface area contributed by atoms with Crippen LogP contribution in [-0.2, 0) is 0 Å². The Kier molecular flexibility index (Phi) is 4.44. The maximum atomic E-state index is 12.5. The lowest BCUT2D eigenvalue weighted by molar-refractivity contribution is 0.0750. The van der Waals surface area contributed by atoms with Gasteiger partial charge in [0.25, 0.3) is 5.91 Å². The molecule has 21 heavy (non-hydrogen) atoms. The predicted molar refractivity (Wildman–Crippen MR) is 82.0 cm³/mol. The number of fused-ring (bicyclic) bond motifs is 1. The van der Waals surface area contributed by atoms with Gasteiger partial charge in [-0.1, -0.05) is 24.3 Å². The Morgan fingerprint density at radius 1 is 1.33 bits per heavy atom. The number of nitriles is 1. The predicted octanol–water partition coefficient (Wildman–Crippen LogP) is 3.17. The minimum atomic E-state index is -0.247. The van der Waals surface area contributed by atoms with Crippen molar-refractivity contribution in [2.75, 3.05) is 13.1 Å². The molecule has 0 aliphatic carbocycles. The third-order valence-electron chi connectivity index (χ3n) is 3.48. The van der Waals surface area contributed by atoms with Crippen molar-refractivity contribution in [1.29, 1.82) is 5.26 Å². The van der Waals surface area contributed by atoms with Crippen molar-refractivity contribution in [1.82, 2.24) is 4.90 Å². The fourth-order valence-corrected chi connectivity index (χ4v) is 2.30. The summed E-state index contributed by atoms with van der Waals surface area (Å²) in [5, 5.41) is 20.8. The number of amides is 1. The SMILES string of the molecule is CCN(CC(C)C#N)C(=O)c1cc2ccccc2cc1O. The molecular formula is C17H18N2O2. The van der Waals surface area contributed by atoms with Gasteiger partial charge in [-0.3, -0.25) is 4.79 Å². The van der Waals surface area contributed by atoms with Gasteiger partial charge in [-0.25, -0.2) is 0 Å². The molecule has 0 saturated carbocycles. The van der Waals surface area contributed by atoms with E-state index < -0.39 is 0 Å². The summed E-state index contributed by atoms with van der Waals surface area (Å²) in [7, 11) is 0. The van der Waals surface area contributed by atoms with Gasteiger partial charge in [0, 0.05) is 13.1 Å². The van der Waals surface area contributed by atoms with Crippen LogP contribution in [0.2, 0.25) is 0 Å². The van der Waals surface area contributed by atoms with Crippen molar-refractivity contribution in [3.8, 4) is 11.8 Å². The van der Waals surface area contributed by atoms with Crippen molar-refractivity contribution in [2.45, 2.75) is 13.8 Å². The minimum absolute atomic E-state index is 0.0261. The Morgan fingerprint density at radius 3 is 2.52 bits per heavy atom. The molecule has 1 atom stereocenters. The normalized spacial score (nSPS) is 11.9.